The Labute approximate surface area is 91.4 Å². The van der Waals surface area contributed by atoms with Gasteiger partial charge < -0.3 is 21.5 Å². The Morgan fingerprint density at radius 3 is 1.93 bits per heavy atom. The smallest absolute Gasteiger partial charge is 0.320 e. The highest BCUT2D eigenvalue weighted by Crippen LogP contribution is 1.96. The van der Waals surface area contributed by atoms with E-state index in [4.69, 9.17) is 10.8 Å². The first-order valence-corrected chi connectivity index (χ1v) is 5.45. The quantitative estimate of drug-likeness (QED) is 0.506. The second kappa shape index (κ2) is 8.64. The lowest BCUT2D eigenvalue weighted by molar-refractivity contribution is -0.139. The highest BCUT2D eigenvalue weighted by Gasteiger charge is 2.14. The molecule has 0 bridgehead atoms. The summed E-state index contributed by atoms with van der Waals surface area (Å²) in [6, 6.07) is -0.713. The molecular weight excluding hydrogens is 194 g/mol. The molecule has 0 aromatic carbocycles. The van der Waals surface area contributed by atoms with E-state index in [1.54, 1.807) is 13.8 Å². The van der Waals surface area contributed by atoms with E-state index < -0.39 is 12.0 Å². The van der Waals surface area contributed by atoms with Gasteiger partial charge in [0.15, 0.2) is 0 Å². The number of nitrogens with one attached hydrogen (secondary N) is 2. The van der Waals surface area contributed by atoms with Crippen LogP contribution in [0.4, 0.5) is 0 Å². The molecule has 0 spiro atoms. The van der Waals surface area contributed by atoms with E-state index in [-0.39, 0.29) is 5.92 Å². The molecule has 15 heavy (non-hydrogen) atoms. The minimum atomic E-state index is -0.931. The topological polar surface area (TPSA) is 87.4 Å². The van der Waals surface area contributed by atoms with Gasteiger partial charge in [0.05, 0.1) is 0 Å². The molecule has 0 aromatic heterocycles. The molecule has 1 saturated heterocycles. The average Bonchev–Trinajstić information content (AvgIpc) is 2.48. The van der Waals surface area contributed by atoms with Crippen molar-refractivity contribution in [1.29, 1.82) is 0 Å². The standard InChI is InChI=1S/C5H12N2.C5H11NO2/c1-2-6-4-5-7-3-1;1-3(2)4(6)5(7)8/h6-7H,1-5H2;3-4H,6H2,1-2H3,(H,7,8)/t;4-/m.0/s1. The summed E-state index contributed by atoms with van der Waals surface area (Å²) in [5.41, 5.74) is 5.16. The molecule has 0 radical (unpaired) electrons. The number of carbonyl (C=O) groups is 1. The molecule has 90 valence electrons. The maximum atomic E-state index is 10.0. The van der Waals surface area contributed by atoms with Gasteiger partial charge in [-0.15, -0.1) is 0 Å². The lowest BCUT2D eigenvalue weighted by Gasteiger charge is -2.07. The summed E-state index contributed by atoms with van der Waals surface area (Å²) in [5.74, 6) is -0.910. The molecule has 0 aromatic rings. The summed E-state index contributed by atoms with van der Waals surface area (Å²) >= 11 is 0. The second-order valence-electron chi connectivity index (χ2n) is 3.96. The number of aliphatic carboxylic acids is 1. The average molecular weight is 217 g/mol. The van der Waals surface area contributed by atoms with Crippen LogP contribution in [0.3, 0.4) is 0 Å². The molecule has 0 aliphatic carbocycles. The molecule has 1 fully saturated rings. The molecule has 5 heteroatoms. The number of hydrogen-bond acceptors (Lipinski definition) is 4. The fourth-order valence-electron chi connectivity index (χ4n) is 1.05. The SMILES string of the molecule is C1CNCCNC1.CC(C)[C@H](N)C(=O)O. The van der Waals surface area contributed by atoms with Crippen molar-refractivity contribution in [3.8, 4) is 0 Å². The van der Waals surface area contributed by atoms with Crippen molar-refractivity contribution in [1.82, 2.24) is 10.6 Å². The van der Waals surface area contributed by atoms with Crippen molar-refractivity contribution in [3.63, 3.8) is 0 Å². The van der Waals surface area contributed by atoms with Crippen LogP contribution in [0.15, 0.2) is 0 Å². The number of hydrogen-bond donors (Lipinski definition) is 4. The van der Waals surface area contributed by atoms with Gasteiger partial charge in [-0.1, -0.05) is 13.8 Å². The molecule has 5 nitrogen and oxygen atoms in total. The van der Waals surface area contributed by atoms with Gasteiger partial charge in [0.2, 0.25) is 0 Å². The predicted octanol–water partition coefficient (Wildman–Crippen LogP) is -0.376. The summed E-state index contributed by atoms with van der Waals surface area (Å²) in [6.45, 7) is 8.21. The van der Waals surface area contributed by atoms with Gasteiger partial charge in [0.25, 0.3) is 0 Å². The van der Waals surface area contributed by atoms with Crippen LogP contribution in [0.25, 0.3) is 0 Å². The molecular formula is C10H23N3O2. The zero-order valence-corrected chi connectivity index (χ0v) is 9.62. The van der Waals surface area contributed by atoms with Crippen LogP contribution < -0.4 is 16.4 Å². The van der Waals surface area contributed by atoms with Crippen molar-refractivity contribution < 1.29 is 9.90 Å². The summed E-state index contributed by atoms with van der Waals surface area (Å²) < 4.78 is 0. The molecule has 1 rings (SSSR count). The largest absolute Gasteiger partial charge is 0.480 e. The Kier molecular flexibility index (Phi) is 8.27. The highest BCUT2D eigenvalue weighted by atomic mass is 16.4. The molecule has 5 N–H and O–H groups in total. The van der Waals surface area contributed by atoms with Crippen LogP contribution in [-0.2, 0) is 4.79 Å². The Balaban J connectivity index is 0.000000262. The molecule has 0 amide bonds. The highest BCUT2D eigenvalue weighted by molar-refractivity contribution is 5.73. The van der Waals surface area contributed by atoms with Crippen LogP contribution in [0, 0.1) is 5.92 Å². The molecule has 0 unspecified atom stereocenters. The maximum absolute atomic E-state index is 10.0. The lowest BCUT2D eigenvalue weighted by Crippen LogP contribution is -2.34. The van der Waals surface area contributed by atoms with Gasteiger partial charge >= 0.3 is 5.97 Å². The minimum absolute atomic E-state index is 0.0208. The molecule has 0 saturated carbocycles. The first-order valence-electron chi connectivity index (χ1n) is 5.45. The van der Waals surface area contributed by atoms with Gasteiger partial charge in [-0.05, 0) is 25.4 Å². The first-order chi connectivity index (χ1) is 7.05. The van der Waals surface area contributed by atoms with E-state index in [0.717, 1.165) is 13.1 Å². The molecule has 1 aliphatic heterocycles. The van der Waals surface area contributed by atoms with Gasteiger partial charge in [-0.3, -0.25) is 4.79 Å². The summed E-state index contributed by atoms with van der Waals surface area (Å²) in [5, 5.41) is 14.8. The number of rotatable bonds is 2. The third-order valence-electron chi connectivity index (χ3n) is 2.19. The van der Waals surface area contributed by atoms with E-state index in [9.17, 15) is 4.79 Å². The molecule has 1 heterocycles. The van der Waals surface area contributed by atoms with E-state index >= 15 is 0 Å². The van der Waals surface area contributed by atoms with E-state index in [2.05, 4.69) is 10.6 Å². The molecule has 1 aliphatic rings. The monoisotopic (exact) mass is 217 g/mol. The molecule has 1 atom stereocenters. The van der Waals surface area contributed by atoms with E-state index in [1.807, 2.05) is 0 Å². The van der Waals surface area contributed by atoms with Crippen LogP contribution in [0.5, 0.6) is 0 Å². The van der Waals surface area contributed by atoms with Crippen molar-refractivity contribution in [3.05, 3.63) is 0 Å². The summed E-state index contributed by atoms with van der Waals surface area (Å²) in [6.07, 6.45) is 1.28. The zero-order valence-electron chi connectivity index (χ0n) is 9.62. The van der Waals surface area contributed by atoms with Crippen molar-refractivity contribution in [2.24, 2.45) is 11.7 Å². The normalized spacial score (nSPS) is 18.7. The fourth-order valence-corrected chi connectivity index (χ4v) is 1.05. The van der Waals surface area contributed by atoms with Gasteiger partial charge in [0, 0.05) is 13.1 Å². The first kappa shape index (κ1) is 14.3. The van der Waals surface area contributed by atoms with Gasteiger partial charge in [-0.2, -0.15) is 0 Å². The maximum Gasteiger partial charge on any atom is 0.320 e. The Hall–Kier alpha value is -0.650. The van der Waals surface area contributed by atoms with E-state index in [0.29, 0.717) is 0 Å². The van der Waals surface area contributed by atoms with Crippen molar-refractivity contribution in [2.75, 3.05) is 26.2 Å². The third-order valence-corrected chi connectivity index (χ3v) is 2.19. The van der Waals surface area contributed by atoms with Crippen LogP contribution in [0.1, 0.15) is 20.3 Å². The Morgan fingerprint density at radius 2 is 1.67 bits per heavy atom. The summed E-state index contributed by atoms with van der Waals surface area (Å²) in [7, 11) is 0. The summed E-state index contributed by atoms with van der Waals surface area (Å²) in [4.78, 5) is 10.0. The van der Waals surface area contributed by atoms with Gasteiger partial charge in [0.1, 0.15) is 6.04 Å². The number of nitrogens with two attached hydrogens (primary N) is 1. The van der Waals surface area contributed by atoms with E-state index in [1.165, 1.54) is 19.5 Å². The fraction of sp³-hybridized carbons (Fsp3) is 0.900. The Morgan fingerprint density at radius 1 is 1.20 bits per heavy atom. The number of carboxylic acid groups (broad SMARTS) is 1. The van der Waals surface area contributed by atoms with Crippen molar-refractivity contribution >= 4 is 5.97 Å². The van der Waals surface area contributed by atoms with Gasteiger partial charge in [-0.25, -0.2) is 0 Å². The van der Waals surface area contributed by atoms with Crippen molar-refractivity contribution in [2.45, 2.75) is 26.3 Å². The number of carboxylic acids is 1. The lowest BCUT2D eigenvalue weighted by atomic mass is 10.1. The zero-order chi connectivity index (χ0) is 11.7. The predicted molar refractivity (Wildman–Crippen MR) is 60.8 cm³/mol. The van der Waals surface area contributed by atoms with Crippen LogP contribution >= 0.6 is 0 Å². The Bertz CT molecular complexity index is 154. The minimum Gasteiger partial charge on any atom is -0.480 e. The third kappa shape index (κ3) is 8.35. The van der Waals surface area contributed by atoms with Crippen LogP contribution in [-0.4, -0.2) is 43.3 Å². The second-order valence-corrected chi connectivity index (χ2v) is 3.96. The van der Waals surface area contributed by atoms with Crippen LogP contribution in [0.2, 0.25) is 0 Å².